The minimum Gasteiger partial charge on any atom is -0.490 e. The molecule has 0 aromatic heterocycles. The van der Waals surface area contributed by atoms with Crippen LogP contribution in [0, 0.1) is 0 Å². The zero-order valence-electron chi connectivity index (χ0n) is 19.5. The van der Waals surface area contributed by atoms with Crippen LogP contribution in [0.15, 0.2) is 58.3 Å². The van der Waals surface area contributed by atoms with Crippen LogP contribution in [0.5, 0.6) is 5.75 Å². The predicted molar refractivity (Wildman–Crippen MR) is 129 cm³/mol. The first-order chi connectivity index (χ1) is 16.0. The molecule has 3 rings (SSSR count). The van der Waals surface area contributed by atoms with Crippen LogP contribution in [-0.4, -0.2) is 62.8 Å². The van der Waals surface area contributed by atoms with Crippen LogP contribution in [-0.2, 0) is 14.6 Å². The topological polar surface area (TPSA) is 84.9 Å². The van der Waals surface area contributed by atoms with Gasteiger partial charge in [-0.2, -0.15) is 0 Å². The molecule has 34 heavy (non-hydrogen) atoms. The van der Waals surface area contributed by atoms with E-state index in [0.717, 1.165) is 0 Å². The Hall–Kier alpha value is -2.52. The first kappa shape index (κ1) is 26.1. The van der Waals surface area contributed by atoms with Crippen molar-refractivity contribution in [3.63, 3.8) is 0 Å². The third-order valence-corrected chi connectivity index (χ3v) is 7.11. The molecule has 0 saturated carbocycles. The zero-order chi connectivity index (χ0) is 24.9. The van der Waals surface area contributed by atoms with E-state index in [0.29, 0.717) is 24.4 Å². The van der Waals surface area contributed by atoms with Crippen LogP contribution in [0.2, 0.25) is 0 Å². The normalized spacial score (nSPS) is 18.9. The molecular formula is C24H30ClFN2O5S. The summed E-state index contributed by atoms with van der Waals surface area (Å²) in [5.41, 5.74) is -0.322. The Labute approximate surface area is 205 Å². The summed E-state index contributed by atoms with van der Waals surface area (Å²) in [5, 5.41) is 3.09. The number of carbonyl (C=O) groups is 1. The largest absolute Gasteiger partial charge is 0.490 e. The molecule has 10 heteroatoms. The van der Waals surface area contributed by atoms with E-state index in [1.807, 2.05) is 0 Å². The molecule has 186 valence electrons. The molecule has 2 aromatic carbocycles. The molecule has 0 aliphatic carbocycles. The Morgan fingerprint density at radius 3 is 2.50 bits per heavy atom. The van der Waals surface area contributed by atoms with Crippen molar-refractivity contribution in [3.05, 3.63) is 48.5 Å². The van der Waals surface area contributed by atoms with E-state index in [-0.39, 0.29) is 28.8 Å². The minimum absolute atomic E-state index is 0.0565. The van der Waals surface area contributed by atoms with Gasteiger partial charge < -0.3 is 19.7 Å². The average molecular weight is 513 g/mol. The summed E-state index contributed by atoms with van der Waals surface area (Å²) in [4.78, 5) is 13.9. The SMILES string of the molecule is CC(C)(C)OC(=O)N1CCC(Nc2cc(S(=O)(=O)c3ccccc3)ccc2OCCCl)C(F)C1. The molecule has 1 heterocycles. The first-order valence-corrected chi connectivity index (χ1v) is 13.0. The first-order valence-electron chi connectivity index (χ1n) is 11.0. The number of piperidine rings is 1. The number of nitrogens with zero attached hydrogens (tertiary/aromatic N) is 1. The van der Waals surface area contributed by atoms with Gasteiger partial charge in [0, 0.05) is 6.54 Å². The molecule has 0 radical (unpaired) electrons. The van der Waals surface area contributed by atoms with Gasteiger partial charge in [0.05, 0.1) is 33.9 Å². The maximum atomic E-state index is 15.1. The fourth-order valence-corrected chi connectivity index (χ4v) is 4.94. The van der Waals surface area contributed by atoms with E-state index in [4.69, 9.17) is 21.1 Å². The highest BCUT2D eigenvalue weighted by molar-refractivity contribution is 7.91. The summed E-state index contributed by atoms with van der Waals surface area (Å²) in [7, 11) is -3.78. The quantitative estimate of drug-likeness (QED) is 0.531. The molecule has 1 amide bonds. The number of hydrogen-bond acceptors (Lipinski definition) is 6. The number of hydrogen-bond donors (Lipinski definition) is 1. The number of alkyl halides is 2. The van der Waals surface area contributed by atoms with Crippen LogP contribution in [0.4, 0.5) is 14.9 Å². The second kappa shape index (κ2) is 10.8. The van der Waals surface area contributed by atoms with Gasteiger partial charge in [-0.3, -0.25) is 0 Å². The smallest absolute Gasteiger partial charge is 0.410 e. The number of benzene rings is 2. The van der Waals surface area contributed by atoms with Gasteiger partial charge in [-0.1, -0.05) is 18.2 Å². The summed E-state index contributed by atoms with van der Waals surface area (Å²) in [6.07, 6.45) is -1.64. The highest BCUT2D eigenvalue weighted by Crippen LogP contribution is 2.33. The van der Waals surface area contributed by atoms with E-state index in [9.17, 15) is 13.2 Å². The van der Waals surface area contributed by atoms with Gasteiger partial charge in [0.25, 0.3) is 0 Å². The van der Waals surface area contributed by atoms with Crippen LogP contribution in [0.1, 0.15) is 27.2 Å². The number of halogens is 2. The van der Waals surface area contributed by atoms with Crippen molar-refractivity contribution in [3.8, 4) is 5.75 Å². The fourth-order valence-electron chi connectivity index (χ4n) is 3.56. The van der Waals surface area contributed by atoms with E-state index in [1.165, 1.54) is 35.2 Å². The van der Waals surface area contributed by atoms with E-state index in [2.05, 4.69) is 5.32 Å². The molecule has 7 nitrogen and oxygen atoms in total. The molecule has 1 fully saturated rings. The fraction of sp³-hybridized carbons (Fsp3) is 0.458. The van der Waals surface area contributed by atoms with Gasteiger partial charge in [-0.05, 0) is 57.5 Å². The molecule has 0 bridgehead atoms. The molecule has 2 aromatic rings. The van der Waals surface area contributed by atoms with Gasteiger partial charge in [0.2, 0.25) is 9.84 Å². The van der Waals surface area contributed by atoms with Crippen molar-refractivity contribution >= 4 is 33.2 Å². The zero-order valence-corrected chi connectivity index (χ0v) is 21.0. The molecule has 0 spiro atoms. The van der Waals surface area contributed by atoms with Crippen molar-refractivity contribution < 1.29 is 27.1 Å². The van der Waals surface area contributed by atoms with Gasteiger partial charge in [0.15, 0.2) is 0 Å². The van der Waals surface area contributed by atoms with Gasteiger partial charge in [-0.15, -0.1) is 11.6 Å². The molecule has 2 atom stereocenters. The number of anilines is 1. The number of amides is 1. The summed E-state index contributed by atoms with van der Waals surface area (Å²) in [6, 6.07) is 11.9. The summed E-state index contributed by atoms with van der Waals surface area (Å²) >= 11 is 5.74. The minimum atomic E-state index is -3.78. The summed E-state index contributed by atoms with van der Waals surface area (Å²) < 4.78 is 52.2. The molecule has 2 unspecified atom stereocenters. The van der Waals surface area contributed by atoms with Crippen molar-refractivity contribution in [2.45, 2.75) is 54.8 Å². The number of carbonyl (C=O) groups excluding carboxylic acids is 1. The molecule has 1 aliphatic rings. The monoisotopic (exact) mass is 512 g/mol. The lowest BCUT2D eigenvalue weighted by Crippen LogP contribution is -2.51. The lowest BCUT2D eigenvalue weighted by Gasteiger charge is -2.36. The van der Waals surface area contributed by atoms with Crippen molar-refractivity contribution in [1.29, 1.82) is 0 Å². The highest BCUT2D eigenvalue weighted by Gasteiger charge is 2.34. The number of likely N-dealkylation sites (tertiary alicyclic amines) is 1. The molecular weight excluding hydrogens is 483 g/mol. The standard InChI is InChI=1S/C24H30ClFN2O5S/c1-24(2,3)33-23(29)28-13-11-20(19(26)16-28)27-21-15-18(9-10-22(21)32-14-12-25)34(30,31)17-7-5-4-6-8-17/h4-10,15,19-20,27H,11-14,16H2,1-3H3. The number of ether oxygens (including phenoxy) is 2. The van der Waals surface area contributed by atoms with Crippen molar-refractivity contribution in [2.24, 2.45) is 0 Å². The number of rotatable bonds is 7. The van der Waals surface area contributed by atoms with Crippen molar-refractivity contribution in [1.82, 2.24) is 4.90 Å². The lowest BCUT2D eigenvalue weighted by molar-refractivity contribution is 0.0125. The maximum Gasteiger partial charge on any atom is 0.410 e. The Kier molecular flexibility index (Phi) is 8.30. The van der Waals surface area contributed by atoms with E-state index < -0.39 is 33.7 Å². The third-order valence-electron chi connectivity index (χ3n) is 5.18. The van der Waals surface area contributed by atoms with E-state index >= 15 is 4.39 Å². The third kappa shape index (κ3) is 6.54. The summed E-state index contributed by atoms with van der Waals surface area (Å²) in [6.45, 7) is 5.64. The van der Waals surface area contributed by atoms with Crippen LogP contribution < -0.4 is 10.1 Å². The molecule has 1 N–H and O–H groups in total. The number of sulfone groups is 1. The number of nitrogens with one attached hydrogen (secondary N) is 1. The van der Waals surface area contributed by atoms with Crippen LogP contribution >= 0.6 is 11.6 Å². The van der Waals surface area contributed by atoms with Gasteiger partial charge in [0.1, 0.15) is 24.1 Å². The highest BCUT2D eigenvalue weighted by atomic mass is 35.5. The Balaban J connectivity index is 1.81. The van der Waals surface area contributed by atoms with E-state index in [1.54, 1.807) is 39.0 Å². The molecule has 1 aliphatic heterocycles. The summed E-state index contributed by atoms with van der Waals surface area (Å²) in [5.74, 6) is 0.609. The van der Waals surface area contributed by atoms with Crippen molar-refractivity contribution in [2.75, 3.05) is 30.9 Å². The van der Waals surface area contributed by atoms with Crippen LogP contribution in [0.3, 0.4) is 0 Å². The van der Waals surface area contributed by atoms with Crippen LogP contribution in [0.25, 0.3) is 0 Å². The van der Waals surface area contributed by atoms with Gasteiger partial charge in [-0.25, -0.2) is 17.6 Å². The predicted octanol–water partition coefficient (Wildman–Crippen LogP) is 4.90. The Morgan fingerprint density at radius 1 is 1.18 bits per heavy atom. The Morgan fingerprint density at radius 2 is 1.88 bits per heavy atom. The second-order valence-corrected chi connectivity index (χ2v) is 11.3. The lowest BCUT2D eigenvalue weighted by atomic mass is 10.0. The van der Waals surface area contributed by atoms with Gasteiger partial charge >= 0.3 is 6.09 Å². The maximum absolute atomic E-state index is 15.1. The molecule has 1 saturated heterocycles. The second-order valence-electron chi connectivity index (χ2n) is 8.99. The average Bonchev–Trinajstić information content (AvgIpc) is 2.78. The Bertz CT molecular complexity index is 1090.